The molecular weight excluding hydrogens is 273 g/mol. The molecule has 1 saturated heterocycles. The Kier molecular flexibility index (Phi) is 4.60. The van der Waals surface area contributed by atoms with Crippen LogP contribution >= 0.6 is 0 Å². The van der Waals surface area contributed by atoms with Crippen LogP contribution in [0, 0.1) is 17.1 Å². The van der Waals surface area contributed by atoms with Gasteiger partial charge >= 0.3 is 0 Å². The molecule has 1 aliphatic heterocycles. The topological polar surface area (TPSA) is 99.4 Å². The van der Waals surface area contributed by atoms with E-state index in [1.165, 1.54) is 0 Å². The van der Waals surface area contributed by atoms with Gasteiger partial charge in [0.25, 0.3) is 0 Å². The normalized spacial score (nSPS) is 15.7. The largest absolute Gasteiger partial charge is 0.397 e. The van der Waals surface area contributed by atoms with Crippen molar-refractivity contribution in [3.8, 4) is 6.07 Å². The second-order valence-corrected chi connectivity index (χ2v) is 5.04. The molecule has 0 unspecified atom stereocenters. The van der Waals surface area contributed by atoms with Gasteiger partial charge < -0.3 is 16.4 Å². The van der Waals surface area contributed by atoms with Crippen molar-refractivity contribution in [1.29, 1.82) is 5.26 Å². The van der Waals surface area contributed by atoms with Crippen molar-refractivity contribution in [2.24, 2.45) is 5.73 Å². The minimum absolute atomic E-state index is 0.0146. The summed E-state index contributed by atoms with van der Waals surface area (Å²) in [6.07, 6.45) is 0.0146. The standard InChI is InChI=1S/C14H18FN5O/c15-13-10(3-4-16)1-2-11(17)14(13)20-7-5-19(6-8-20)9-12(18)21/h1-2H,3,5-9,17H2,(H2,18,21). The van der Waals surface area contributed by atoms with Gasteiger partial charge in [0, 0.05) is 31.7 Å². The summed E-state index contributed by atoms with van der Waals surface area (Å²) in [6.45, 7) is 2.56. The SMILES string of the molecule is N#CCc1ccc(N)c(N2CCN(CC(N)=O)CC2)c1F. The minimum Gasteiger partial charge on any atom is -0.397 e. The molecule has 0 spiro atoms. The Labute approximate surface area is 122 Å². The first-order valence-corrected chi connectivity index (χ1v) is 6.72. The number of rotatable bonds is 4. The highest BCUT2D eigenvalue weighted by atomic mass is 19.1. The van der Waals surface area contributed by atoms with Crippen LogP contribution in [0.15, 0.2) is 12.1 Å². The Morgan fingerprint density at radius 1 is 1.33 bits per heavy atom. The van der Waals surface area contributed by atoms with Crippen LogP contribution in [-0.2, 0) is 11.2 Å². The average molecular weight is 291 g/mol. The van der Waals surface area contributed by atoms with Crippen molar-refractivity contribution in [2.45, 2.75) is 6.42 Å². The number of benzene rings is 1. The molecule has 112 valence electrons. The van der Waals surface area contributed by atoms with Crippen LogP contribution < -0.4 is 16.4 Å². The fourth-order valence-electron chi connectivity index (χ4n) is 2.51. The zero-order chi connectivity index (χ0) is 15.4. The summed E-state index contributed by atoms with van der Waals surface area (Å²) in [5, 5.41) is 8.72. The molecule has 0 saturated carbocycles. The minimum atomic E-state index is -0.431. The van der Waals surface area contributed by atoms with E-state index in [9.17, 15) is 9.18 Å². The monoisotopic (exact) mass is 291 g/mol. The van der Waals surface area contributed by atoms with Gasteiger partial charge in [0.1, 0.15) is 0 Å². The molecule has 1 aromatic carbocycles. The van der Waals surface area contributed by atoms with Crippen LogP contribution in [-0.4, -0.2) is 43.5 Å². The summed E-state index contributed by atoms with van der Waals surface area (Å²) in [5.74, 6) is -0.801. The van der Waals surface area contributed by atoms with Gasteiger partial charge in [-0.3, -0.25) is 9.69 Å². The van der Waals surface area contributed by atoms with Crippen molar-refractivity contribution in [2.75, 3.05) is 43.4 Å². The number of hydrogen-bond acceptors (Lipinski definition) is 5. The highest BCUT2D eigenvalue weighted by Gasteiger charge is 2.23. The number of hydrogen-bond donors (Lipinski definition) is 2. The van der Waals surface area contributed by atoms with Crippen LogP contribution in [0.3, 0.4) is 0 Å². The predicted octanol–water partition coefficient (Wildman–Crippen LogP) is 0.0813. The maximum atomic E-state index is 14.5. The number of carbonyl (C=O) groups excluding carboxylic acids is 1. The molecule has 0 radical (unpaired) electrons. The molecule has 1 amide bonds. The Balaban J connectivity index is 2.15. The summed E-state index contributed by atoms with van der Waals surface area (Å²) < 4.78 is 14.5. The number of halogens is 1. The highest BCUT2D eigenvalue weighted by Crippen LogP contribution is 2.30. The number of nitriles is 1. The van der Waals surface area contributed by atoms with Crippen LogP contribution in [0.1, 0.15) is 5.56 Å². The molecule has 4 N–H and O–H groups in total. The molecule has 0 atom stereocenters. The van der Waals surface area contributed by atoms with Gasteiger partial charge in [0.05, 0.1) is 30.4 Å². The Morgan fingerprint density at radius 3 is 2.57 bits per heavy atom. The van der Waals surface area contributed by atoms with Gasteiger partial charge in [-0.25, -0.2) is 4.39 Å². The first-order valence-electron chi connectivity index (χ1n) is 6.72. The van der Waals surface area contributed by atoms with E-state index in [1.54, 1.807) is 12.1 Å². The predicted molar refractivity (Wildman–Crippen MR) is 78.0 cm³/mol. The first-order chi connectivity index (χ1) is 10.0. The first kappa shape index (κ1) is 15.1. The molecule has 0 bridgehead atoms. The van der Waals surface area contributed by atoms with Gasteiger partial charge in [0.2, 0.25) is 5.91 Å². The van der Waals surface area contributed by atoms with Crippen LogP contribution in [0.25, 0.3) is 0 Å². The van der Waals surface area contributed by atoms with Gasteiger partial charge in [0.15, 0.2) is 5.82 Å². The molecule has 1 heterocycles. The molecule has 21 heavy (non-hydrogen) atoms. The number of nitrogens with two attached hydrogens (primary N) is 2. The molecule has 2 rings (SSSR count). The summed E-state index contributed by atoms with van der Waals surface area (Å²) in [7, 11) is 0. The van der Waals surface area contributed by atoms with E-state index in [4.69, 9.17) is 16.7 Å². The third-order valence-corrected chi connectivity index (χ3v) is 3.56. The van der Waals surface area contributed by atoms with Gasteiger partial charge in [-0.1, -0.05) is 6.07 Å². The van der Waals surface area contributed by atoms with E-state index >= 15 is 0 Å². The summed E-state index contributed by atoms with van der Waals surface area (Å²) in [4.78, 5) is 14.7. The average Bonchev–Trinajstić information content (AvgIpc) is 2.43. The lowest BCUT2D eigenvalue weighted by molar-refractivity contribution is -0.119. The molecular formula is C14H18FN5O. The smallest absolute Gasteiger partial charge is 0.231 e. The Morgan fingerprint density at radius 2 is 2.00 bits per heavy atom. The quantitative estimate of drug-likeness (QED) is 0.765. The lowest BCUT2D eigenvalue weighted by atomic mass is 10.1. The van der Waals surface area contributed by atoms with E-state index in [-0.39, 0.29) is 18.9 Å². The van der Waals surface area contributed by atoms with Crippen molar-refractivity contribution >= 4 is 17.3 Å². The number of piperazine rings is 1. The van der Waals surface area contributed by atoms with Gasteiger partial charge in [-0.05, 0) is 6.07 Å². The molecule has 1 aliphatic rings. The van der Waals surface area contributed by atoms with E-state index in [0.29, 0.717) is 43.1 Å². The number of carbonyl (C=O) groups is 1. The number of nitrogen functional groups attached to an aromatic ring is 1. The van der Waals surface area contributed by atoms with Crippen LogP contribution in [0.5, 0.6) is 0 Å². The third kappa shape index (κ3) is 3.41. The second kappa shape index (κ2) is 6.41. The maximum absolute atomic E-state index is 14.5. The lowest BCUT2D eigenvalue weighted by Gasteiger charge is -2.36. The Bertz CT molecular complexity index is 575. The fourth-order valence-corrected chi connectivity index (χ4v) is 2.51. The van der Waals surface area contributed by atoms with Crippen molar-refractivity contribution in [3.05, 3.63) is 23.5 Å². The maximum Gasteiger partial charge on any atom is 0.231 e. The summed E-state index contributed by atoms with van der Waals surface area (Å²) in [5.41, 5.74) is 12.1. The number of primary amides is 1. The van der Waals surface area contributed by atoms with Gasteiger partial charge in [-0.2, -0.15) is 5.26 Å². The fraction of sp³-hybridized carbons (Fsp3) is 0.429. The number of amides is 1. The number of nitrogens with zero attached hydrogens (tertiary/aromatic N) is 3. The molecule has 6 nitrogen and oxygen atoms in total. The van der Waals surface area contributed by atoms with E-state index in [1.807, 2.05) is 15.9 Å². The zero-order valence-electron chi connectivity index (χ0n) is 11.7. The summed E-state index contributed by atoms with van der Waals surface area (Å²) in [6, 6.07) is 5.11. The van der Waals surface area contributed by atoms with Crippen molar-refractivity contribution in [1.82, 2.24) is 4.90 Å². The van der Waals surface area contributed by atoms with Gasteiger partial charge in [-0.15, -0.1) is 0 Å². The van der Waals surface area contributed by atoms with Crippen LogP contribution in [0.4, 0.5) is 15.8 Å². The molecule has 1 aromatic rings. The van der Waals surface area contributed by atoms with E-state index in [2.05, 4.69) is 0 Å². The van der Waals surface area contributed by atoms with Crippen molar-refractivity contribution < 1.29 is 9.18 Å². The molecule has 0 aliphatic carbocycles. The molecule has 0 aromatic heterocycles. The van der Waals surface area contributed by atoms with Crippen molar-refractivity contribution in [3.63, 3.8) is 0 Å². The highest BCUT2D eigenvalue weighted by molar-refractivity contribution is 5.76. The Hall–Kier alpha value is -2.33. The van der Waals surface area contributed by atoms with Crippen LogP contribution in [0.2, 0.25) is 0 Å². The summed E-state index contributed by atoms with van der Waals surface area (Å²) >= 11 is 0. The molecule has 7 heteroatoms. The van der Waals surface area contributed by atoms with E-state index in [0.717, 1.165) is 0 Å². The second-order valence-electron chi connectivity index (χ2n) is 5.04. The number of anilines is 2. The van der Waals surface area contributed by atoms with E-state index < -0.39 is 5.82 Å². The lowest BCUT2D eigenvalue weighted by Crippen LogP contribution is -2.49. The third-order valence-electron chi connectivity index (χ3n) is 3.56. The zero-order valence-corrected chi connectivity index (χ0v) is 11.7. The molecule has 1 fully saturated rings.